The van der Waals surface area contributed by atoms with Crippen LogP contribution in [0.3, 0.4) is 0 Å². The number of hydrogen-bond acceptors (Lipinski definition) is 9. The SMILES string of the molecule is CCCCN(CC)Cc1sc(NC(=O)c2cnc(N3CCC(C)CC3)cn2)nc1-c1ccc(N2CCOCC2)c(C(F)(F)F)c1. The van der Waals surface area contributed by atoms with Gasteiger partial charge in [-0.2, -0.15) is 13.2 Å². The summed E-state index contributed by atoms with van der Waals surface area (Å²) in [5.41, 5.74) is 0.375. The van der Waals surface area contributed by atoms with Gasteiger partial charge < -0.3 is 14.5 Å². The average molecular weight is 646 g/mol. The Labute approximate surface area is 266 Å². The summed E-state index contributed by atoms with van der Waals surface area (Å²) in [6, 6.07) is 4.40. The summed E-state index contributed by atoms with van der Waals surface area (Å²) < 4.78 is 48.5. The van der Waals surface area contributed by atoms with Crippen LogP contribution in [0.4, 0.5) is 29.8 Å². The minimum Gasteiger partial charge on any atom is -0.378 e. The first kappa shape index (κ1) is 33.1. The number of nitrogens with one attached hydrogen (secondary N) is 1. The second-order valence-corrected chi connectivity index (χ2v) is 12.8. The number of morpholine rings is 1. The lowest BCUT2D eigenvalue weighted by Crippen LogP contribution is -2.37. The molecule has 13 heteroatoms. The molecular formula is C32H42F3N7O2S. The fourth-order valence-electron chi connectivity index (χ4n) is 5.66. The zero-order valence-corrected chi connectivity index (χ0v) is 27.0. The molecule has 2 aliphatic heterocycles. The summed E-state index contributed by atoms with van der Waals surface area (Å²) in [5, 5.41) is 3.13. The normalized spacial score (nSPS) is 16.4. The predicted octanol–water partition coefficient (Wildman–Crippen LogP) is 6.57. The number of piperidine rings is 1. The molecule has 0 atom stereocenters. The van der Waals surface area contributed by atoms with E-state index in [-0.39, 0.29) is 11.4 Å². The summed E-state index contributed by atoms with van der Waals surface area (Å²) in [5.74, 6) is 0.960. The van der Waals surface area contributed by atoms with Crippen molar-refractivity contribution in [2.45, 2.75) is 59.2 Å². The molecule has 3 aromatic rings. The minimum absolute atomic E-state index is 0.138. The molecule has 244 valence electrons. The molecule has 1 aromatic carbocycles. The Balaban J connectivity index is 1.42. The van der Waals surface area contributed by atoms with Crippen LogP contribution in [0.15, 0.2) is 30.6 Å². The van der Waals surface area contributed by atoms with E-state index in [4.69, 9.17) is 4.74 Å². The van der Waals surface area contributed by atoms with Gasteiger partial charge >= 0.3 is 6.18 Å². The lowest BCUT2D eigenvalue weighted by Gasteiger charge is -2.31. The Morgan fingerprint density at radius 3 is 2.49 bits per heavy atom. The summed E-state index contributed by atoms with van der Waals surface area (Å²) in [6.45, 7) is 11.9. The number of hydrogen-bond donors (Lipinski definition) is 1. The standard InChI is InChI=1S/C32H42F3N7O2S/c1-4-6-11-40(5-2)21-27-29(23-7-8-26(24(18-23)32(33,34)35)41-14-16-44-17-15-41)38-31(45-27)39-30(43)25-19-37-28(20-36-25)42-12-9-22(3)10-13-42/h7-8,18-20,22H,4-6,9-17,21H2,1-3H3,(H,38,39,43). The van der Waals surface area contributed by atoms with Crippen molar-refractivity contribution in [2.75, 3.05) is 67.6 Å². The number of amides is 1. The van der Waals surface area contributed by atoms with E-state index in [1.165, 1.54) is 29.7 Å². The van der Waals surface area contributed by atoms with E-state index >= 15 is 0 Å². The maximum atomic E-state index is 14.4. The molecule has 0 saturated carbocycles. The highest BCUT2D eigenvalue weighted by Crippen LogP contribution is 2.41. The minimum atomic E-state index is -4.55. The number of nitrogens with zero attached hydrogens (tertiary/aromatic N) is 6. The van der Waals surface area contributed by atoms with Gasteiger partial charge in [0.1, 0.15) is 11.5 Å². The highest BCUT2D eigenvalue weighted by molar-refractivity contribution is 7.16. The fourth-order valence-corrected chi connectivity index (χ4v) is 6.68. The maximum Gasteiger partial charge on any atom is 0.418 e. The second-order valence-electron chi connectivity index (χ2n) is 11.7. The van der Waals surface area contributed by atoms with Crippen molar-refractivity contribution in [1.29, 1.82) is 0 Å². The van der Waals surface area contributed by atoms with Crippen LogP contribution in [0, 0.1) is 5.92 Å². The van der Waals surface area contributed by atoms with Crippen LogP contribution in [-0.4, -0.2) is 78.2 Å². The lowest BCUT2D eigenvalue weighted by atomic mass is 9.99. The maximum absolute atomic E-state index is 14.4. The summed E-state index contributed by atoms with van der Waals surface area (Å²) in [6.07, 6.45) is 2.74. The molecule has 1 amide bonds. The Morgan fingerprint density at radius 1 is 1.09 bits per heavy atom. The van der Waals surface area contributed by atoms with E-state index in [0.717, 1.165) is 62.6 Å². The van der Waals surface area contributed by atoms with Crippen LogP contribution < -0.4 is 15.1 Å². The van der Waals surface area contributed by atoms with Crippen molar-refractivity contribution in [3.8, 4) is 11.3 Å². The zero-order valence-electron chi connectivity index (χ0n) is 26.2. The Bertz CT molecular complexity index is 1420. The van der Waals surface area contributed by atoms with E-state index in [1.807, 2.05) is 0 Å². The molecule has 0 radical (unpaired) electrons. The van der Waals surface area contributed by atoms with Crippen LogP contribution >= 0.6 is 11.3 Å². The van der Waals surface area contributed by atoms with Crippen molar-refractivity contribution in [1.82, 2.24) is 19.9 Å². The molecule has 2 aliphatic rings. The molecule has 4 heterocycles. The van der Waals surface area contributed by atoms with E-state index in [9.17, 15) is 18.0 Å². The Kier molecular flexibility index (Phi) is 10.9. The molecule has 0 aliphatic carbocycles. The zero-order chi connectivity index (χ0) is 32.0. The van der Waals surface area contributed by atoms with E-state index in [2.05, 4.69) is 50.8 Å². The molecule has 45 heavy (non-hydrogen) atoms. The van der Waals surface area contributed by atoms with E-state index in [1.54, 1.807) is 17.2 Å². The van der Waals surface area contributed by atoms with Crippen molar-refractivity contribution in [3.05, 3.63) is 46.7 Å². The summed E-state index contributed by atoms with van der Waals surface area (Å²) >= 11 is 1.28. The molecule has 0 unspecified atom stereocenters. The third kappa shape index (κ3) is 8.30. The number of rotatable bonds is 11. The topological polar surface area (TPSA) is 86.7 Å². The molecule has 5 rings (SSSR count). The number of unbranched alkanes of at least 4 members (excludes halogenated alkanes) is 1. The van der Waals surface area contributed by atoms with Crippen molar-refractivity contribution >= 4 is 33.9 Å². The third-order valence-electron chi connectivity index (χ3n) is 8.47. The quantitative estimate of drug-likeness (QED) is 0.251. The summed E-state index contributed by atoms with van der Waals surface area (Å²) in [7, 11) is 0. The van der Waals surface area contributed by atoms with E-state index < -0.39 is 17.6 Å². The van der Waals surface area contributed by atoms with Crippen LogP contribution in [0.25, 0.3) is 11.3 Å². The first-order valence-electron chi connectivity index (χ1n) is 15.8. The van der Waals surface area contributed by atoms with Crippen LogP contribution in [0.5, 0.6) is 0 Å². The van der Waals surface area contributed by atoms with Crippen LogP contribution in [-0.2, 0) is 17.5 Å². The number of benzene rings is 1. The lowest BCUT2D eigenvalue weighted by molar-refractivity contribution is -0.137. The first-order chi connectivity index (χ1) is 21.7. The predicted molar refractivity (Wildman–Crippen MR) is 172 cm³/mol. The number of alkyl halides is 3. The van der Waals surface area contributed by atoms with Gasteiger partial charge in [-0.15, -0.1) is 0 Å². The Morgan fingerprint density at radius 2 is 1.84 bits per heavy atom. The van der Waals surface area contributed by atoms with Crippen molar-refractivity contribution < 1.29 is 22.7 Å². The van der Waals surface area contributed by atoms with Crippen LogP contribution in [0.1, 0.15) is 67.4 Å². The van der Waals surface area contributed by atoms with Gasteiger partial charge in [0.25, 0.3) is 5.91 Å². The van der Waals surface area contributed by atoms with Gasteiger partial charge in [0.15, 0.2) is 5.13 Å². The van der Waals surface area contributed by atoms with Gasteiger partial charge in [0.05, 0.1) is 36.9 Å². The average Bonchev–Trinajstić information content (AvgIpc) is 3.44. The van der Waals surface area contributed by atoms with Crippen molar-refractivity contribution in [2.24, 2.45) is 5.92 Å². The fraction of sp³-hybridized carbons (Fsp3) is 0.562. The van der Waals surface area contributed by atoms with Gasteiger partial charge in [0.2, 0.25) is 0 Å². The highest BCUT2D eigenvalue weighted by Gasteiger charge is 2.36. The van der Waals surface area contributed by atoms with Crippen molar-refractivity contribution in [3.63, 3.8) is 0 Å². The first-order valence-corrected chi connectivity index (χ1v) is 16.6. The summed E-state index contributed by atoms with van der Waals surface area (Å²) in [4.78, 5) is 33.6. The van der Waals surface area contributed by atoms with Crippen LogP contribution in [0.2, 0.25) is 0 Å². The van der Waals surface area contributed by atoms with Gasteiger partial charge in [-0.1, -0.05) is 44.6 Å². The number of carbonyl (C=O) groups is 1. The molecular weight excluding hydrogens is 603 g/mol. The smallest absolute Gasteiger partial charge is 0.378 e. The number of anilines is 3. The molecule has 2 fully saturated rings. The second kappa shape index (κ2) is 14.9. The molecule has 0 spiro atoms. The molecule has 9 nitrogen and oxygen atoms in total. The number of ether oxygens (including phenoxy) is 1. The molecule has 1 N–H and O–H groups in total. The highest BCUT2D eigenvalue weighted by atomic mass is 32.1. The molecule has 0 bridgehead atoms. The van der Waals surface area contributed by atoms with Gasteiger partial charge in [-0.05, 0) is 50.4 Å². The third-order valence-corrected chi connectivity index (χ3v) is 9.42. The molecule has 2 saturated heterocycles. The number of thiazole rings is 1. The Hall–Kier alpha value is -3.29. The monoisotopic (exact) mass is 645 g/mol. The van der Waals surface area contributed by atoms with Gasteiger partial charge in [-0.25, -0.2) is 15.0 Å². The van der Waals surface area contributed by atoms with E-state index in [0.29, 0.717) is 55.2 Å². The number of carbonyl (C=O) groups excluding carboxylic acids is 1. The number of aromatic nitrogens is 3. The van der Waals surface area contributed by atoms with Gasteiger partial charge in [0, 0.05) is 48.9 Å². The van der Waals surface area contributed by atoms with Gasteiger partial charge in [-0.3, -0.25) is 15.0 Å². The molecule has 2 aromatic heterocycles. The number of halogens is 3. The largest absolute Gasteiger partial charge is 0.418 e.